The number of non-ortho nitro benzene ring substituents is 1. The number of esters is 1. The summed E-state index contributed by atoms with van der Waals surface area (Å²) in [5, 5.41) is 13.4. The lowest BCUT2D eigenvalue weighted by Gasteiger charge is -2.26. The van der Waals surface area contributed by atoms with Gasteiger partial charge in [0, 0.05) is 30.2 Å². The molecule has 1 atom stereocenters. The number of nitrogens with zero attached hydrogens (tertiary/aromatic N) is 1. The van der Waals surface area contributed by atoms with E-state index in [0.717, 1.165) is 0 Å². The third-order valence-corrected chi connectivity index (χ3v) is 3.36. The average molecular weight is 290 g/mol. The molecule has 0 radical (unpaired) electrons. The summed E-state index contributed by atoms with van der Waals surface area (Å²) in [7, 11) is 1.25. The minimum atomic E-state index is -0.552. The maximum absolute atomic E-state index is 11.9. The molecule has 0 aromatic heterocycles. The fourth-order valence-corrected chi connectivity index (χ4v) is 2.42. The van der Waals surface area contributed by atoms with Crippen LogP contribution in [0.15, 0.2) is 35.5 Å². The van der Waals surface area contributed by atoms with Crippen molar-refractivity contribution in [3.05, 3.63) is 51.2 Å². The van der Waals surface area contributed by atoms with Gasteiger partial charge in [0.05, 0.1) is 17.6 Å². The van der Waals surface area contributed by atoms with Gasteiger partial charge in [-0.1, -0.05) is 12.1 Å². The molecule has 1 heterocycles. The molecule has 7 heteroatoms. The van der Waals surface area contributed by atoms with Crippen molar-refractivity contribution in [1.82, 2.24) is 5.32 Å². The van der Waals surface area contributed by atoms with Crippen LogP contribution in [0.3, 0.4) is 0 Å². The zero-order valence-electron chi connectivity index (χ0n) is 11.6. The highest BCUT2D eigenvalue weighted by Crippen LogP contribution is 2.34. The lowest BCUT2D eigenvalue weighted by molar-refractivity contribution is -0.384. The fourth-order valence-electron chi connectivity index (χ4n) is 2.42. The lowest BCUT2D eigenvalue weighted by Crippen LogP contribution is -2.34. The highest BCUT2D eigenvalue weighted by Gasteiger charge is 2.32. The molecule has 0 saturated carbocycles. The van der Waals surface area contributed by atoms with Gasteiger partial charge < -0.3 is 10.1 Å². The minimum absolute atomic E-state index is 0.0446. The van der Waals surface area contributed by atoms with Gasteiger partial charge in [0.2, 0.25) is 5.91 Å². The summed E-state index contributed by atoms with van der Waals surface area (Å²) in [5.74, 6) is -1.34. The number of amides is 1. The Morgan fingerprint density at radius 3 is 2.81 bits per heavy atom. The molecule has 1 aliphatic heterocycles. The quantitative estimate of drug-likeness (QED) is 0.518. The predicted molar refractivity (Wildman–Crippen MR) is 73.3 cm³/mol. The smallest absolute Gasteiger partial charge is 0.336 e. The second kappa shape index (κ2) is 5.74. The van der Waals surface area contributed by atoms with Crippen molar-refractivity contribution in [3.63, 3.8) is 0 Å². The van der Waals surface area contributed by atoms with Gasteiger partial charge in [0.15, 0.2) is 0 Å². The van der Waals surface area contributed by atoms with Gasteiger partial charge in [0.25, 0.3) is 5.69 Å². The Morgan fingerprint density at radius 1 is 1.48 bits per heavy atom. The molecule has 0 spiro atoms. The molecule has 0 aliphatic carbocycles. The van der Waals surface area contributed by atoms with Crippen LogP contribution in [-0.4, -0.2) is 23.9 Å². The first-order valence-corrected chi connectivity index (χ1v) is 6.27. The summed E-state index contributed by atoms with van der Waals surface area (Å²) >= 11 is 0. The number of hydrogen-bond acceptors (Lipinski definition) is 5. The van der Waals surface area contributed by atoms with Crippen LogP contribution in [0.1, 0.15) is 24.8 Å². The average Bonchev–Trinajstić information content (AvgIpc) is 2.45. The Hall–Kier alpha value is -2.70. The molecule has 0 saturated heterocycles. The van der Waals surface area contributed by atoms with E-state index >= 15 is 0 Å². The van der Waals surface area contributed by atoms with Crippen molar-refractivity contribution in [1.29, 1.82) is 0 Å². The van der Waals surface area contributed by atoms with Gasteiger partial charge >= 0.3 is 5.97 Å². The van der Waals surface area contributed by atoms with Crippen LogP contribution >= 0.6 is 0 Å². The van der Waals surface area contributed by atoms with E-state index in [0.29, 0.717) is 16.8 Å². The standard InChI is InChI=1S/C14H14N2O5/c1-8-13(14(18)21-2)11(7-12(17)15-8)9-4-3-5-10(6-9)16(19)20/h3-6,11H,7H2,1-2H3,(H,15,17). The first-order chi connectivity index (χ1) is 9.93. The van der Waals surface area contributed by atoms with Crippen LogP contribution < -0.4 is 5.32 Å². The van der Waals surface area contributed by atoms with E-state index in [1.54, 1.807) is 13.0 Å². The Balaban J connectivity index is 2.51. The number of ether oxygens (including phenoxy) is 1. The number of hydrogen-bond donors (Lipinski definition) is 1. The summed E-state index contributed by atoms with van der Waals surface area (Å²) < 4.78 is 4.74. The second-order valence-corrected chi connectivity index (χ2v) is 4.69. The largest absolute Gasteiger partial charge is 0.466 e. The van der Waals surface area contributed by atoms with Gasteiger partial charge in [-0.2, -0.15) is 0 Å². The van der Waals surface area contributed by atoms with E-state index in [4.69, 9.17) is 4.74 Å². The first-order valence-electron chi connectivity index (χ1n) is 6.27. The summed E-state index contributed by atoms with van der Waals surface area (Å²) in [4.78, 5) is 34.0. The summed E-state index contributed by atoms with van der Waals surface area (Å²) in [5.41, 5.74) is 1.19. The van der Waals surface area contributed by atoms with E-state index in [2.05, 4.69) is 5.32 Å². The molecule has 1 aromatic carbocycles. The van der Waals surface area contributed by atoms with Crippen LogP contribution in [0.2, 0.25) is 0 Å². The van der Waals surface area contributed by atoms with Gasteiger partial charge in [-0.25, -0.2) is 4.79 Å². The topological polar surface area (TPSA) is 98.5 Å². The molecule has 1 aromatic rings. The van der Waals surface area contributed by atoms with Gasteiger partial charge in [-0.15, -0.1) is 0 Å². The maximum atomic E-state index is 11.9. The second-order valence-electron chi connectivity index (χ2n) is 4.69. The Morgan fingerprint density at radius 2 is 2.19 bits per heavy atom. The zero-order valence-corrected chi connectivity index (χ0v) is 11.6. The summed E-state index contributed by atoms with van der Waals surface area (Å²) in [6, 6.07) is 5.93. The predicted octanol–water partition coefficient (Wildman–Crippen LogP) is 1.65. The number of nitro benzene ring substituents is 1. The number of carbonyl (C=O) groups excluding carboxylic acids is 2. The highest BCUT2D eigenvalue weighted by molar-refractivity contribution is 5.95. The van der Waals surface area contributed by atoms with Gasteiger partial charge in [0.1, 0.15) is 0 Å². The van der Waals surface area contributed by atoms with E-state index in [-0.39, 0.29) is 18.0 Å². The Labute approximate surface area is 120 Å². The number of benzene rings is 1. The maximum Gasteiger partial charge on any atom is 0.336 e. The molecule has 1 N–H and O–H groups in total. The molecule has 0 bridgehead atoms. The first kappa shape index (κ1) is 14.7. The molecular formula is C14H14N2O5. The molecule has 2 rings (SSSR count). The third-order valence-electron chi connectivity index (χ3n) is 3.36. The molecule has 1 aliphatic rings. The molecule has 1 amide bonds. The summed E-state index contributed by atoms with van der Waals surface area (Å²) in [6.07, 6.45) is 0.0446. The fraction of sp³-hybridized carbons (Fsp3) is 0.286. The number of nitro groups is 1. The van der Waals surface area contributed by atoms with E-state index in [1.807, 2.05) is 0 Å². The molecule has 1 unspecified atom stereocenters. The van der Waals surface area contributed by atoms with Crippen molar-refractivity contribution in [2.45, 2.75) is 19.3 Å². The molecule has 110 valence electrons. The Kier molecular flexibility index (Phi) is 4.02. The number of carbonyl (C=O) groups is 2. The highest BCUT2D eigenvalue weighted by atomic mass is 16.6. The monoisotopic (exact) mass is 290 g/mol. The van der Waals surface area contributed by atoms with E-state index in [1.165, 1.54) is 25.3 Å². The van der Waals surface area contributed by atoms with Crippen LogP contribution in [0, 0.1) is 10.1 Å². The number of rotatable bonds is 3. The minimum Gasteiger partial charge on any atom is -0.466 e. The number of methoxy groups -OCH3 is 1. The van der Waals surface area contributed by atoms with Crippen LogP contribution in [0.25, 0.3) is 0 Å². The van der Waals surface area contributed by atoms with Crippen LogP contribution in [-0.2, 0) is 14.3 Å². The molecule has 0 fully saturated rings. The van der Waals surface area contributed by atoms with Gasteiger partial charge in [-0.05, 0) is 12.5 Å². The van der Waals surface area contributed by atoms with E-state index in [9.17, 15) is 19.7 Å². The van der Waals surface area contributed by atoms with E-state index < -0.39 is 16.8 Å². The SMILES string of the molecule is COC(=O)C1=C(C)NC(=O)CC1c1cccc([N+](=O)[O-])c1. The zero-order chi connectivity index (χ0) is 15.6. The van der Waals surface area contributed by atoms with Gasteiger partial charge in [-0.3, -0.25) is 14.9 Å². The van der Waals surface area contributed by atoms with Crippen LogP contribution in [0.5, 0.6) is 0 Å². The number of nitrogens with one attached hydrogen (secondary N) is 1. The Bertz CT molecular complexity index is 651. The molecular weight excluding hydrogens is 276 g/mol. The third kappa shape index (κ3) is 2.91. The van der Waals surface area contributed by atoms with Crippen molar-refractivity contribution < 1.29 is 19.2 Å². The van der Waals surface area contributed by atoms with Crippen LogP contribution in [0.4, 0.5) is 5.69 Å². The summed E-state index contributed by atoms with van der Waals surface area (Å²) in [6.45, 7) is 1.60. The van der Waals surface area contributed by atoms with Crippen molar-refractivity contribution in [2.24, 2.45) is 0 Å². The van der Waals surface area contributed by atoms with Crippen molar-refractivity contribution >= 4 is 17.6 Å². The van der Waals surface area contributed by atoms with Crippen molar-refractivity contribution in [3.8, 4) is 0 Å². The molecule has 7 nitrogen and oxygen atoms in total. The lowest BCUT2D eigenvalue weighted by atomic mass is 9.84. The number of allylic oxidation sites excluding steroid dienone is 1. The normalized spacial score (nSPS) is 18.2. The molecule has 21 heavy (non-hydrogen) atoms. The van der Waals surface area contributed by atoms with Crippen molar-refractivity contribution in [2.75, 3.05) is 7.11 Å².